The molecule has 1 aliphatic heterocycles. The Bertz CT molecular complexity index is 677. The van der Waals surface area contributed by atoms with Crippen LogP contribution in [0.25, 0.3) is 0 Å². The van der Waals surface area contributed by atoms with Crippen molar-refractivity contribution in [3.8, 4) is 0 Å². The van der Waals surface area contributed by atoms with Gasteiger partial charge in [-0.1, -0.05) is 29.8 Å². The molecular formula is C15H10ClNO2. The van der Waals surface area contributed by atoms with Crippen molar-refractivity contribution in [1.82, 2.24) is 5.32 Å². The Kier molecular flexibility index (Phi) is 2.84. The standard InChI is InChI=1S/C15H10ClNO2/c16-11-4-1-9(2-5-11)7-10-3-6-12-13(8-10)15(19)17-14(12)18/h1-6,8H,7H2,(H,17,18,19). The molecule has 19 heavy (non-hydrogen) atoms. The first-order valence-corrected chi connectivity index (χ1v) is 6.24. The Hall–Kier alpha value is -2.13. The van der Waals surface area contributed by atoms with E-state index in [0.717, 1.165) is 11.1 Å². The van der Waals surface area contributed by atoms with Crippen LogP contribution in [-0.2, 0) is 6.42 Å². The van der Waals surface area contributed by atoms with Gasteiger partial charge in [-0.25, -0.2) is 0 Å². The molecule has 0 atom stereocenters. The van der Waals surface area contributed by atoms with Crippen LogP contribution in [0.5, 0.6) is 0 Å². The SMILES string of the molecule is O=C1NC(=O)c2cc(Cc3ccc(Cl)cc3)ccc21. The fraction of sp³-hybridized carbons (Fsp3) is 0.0667. The normalized spacial score (nSPS) is 13.3. The predicted octanol–water partition coefficient (Wildman–Crippen LogP) is 2.81. The van der Waals surface area contributed by atoms with Crippen molar-refractivity contribution in [2.75, 3.05) is 0 Å². The molecule has 0 bridgehead atoms. The molecular weight excluding hydrogens is 262 g/mol. The van der Waals surface area contributed by atoms with Crippen molar-refractivity contribution in [1.29, 1.82) is 0 Å². The van der Waals surface area contributed by atoms with Crippen LogP contribution in [0.2, 0.25) is 5.02 Å². The molecule has 0 fully saturated rings. The number of hydrogen-bond donors (Lipinski definition) is 1. The van der Waals surface area contributed by atoms with E-state index in [0.29, 0.717) is 22.6 Å². The molecule has 1 aliphatic rings. The van der Waals surface area contributed by atoms with Gasteiger partial charge in [0.2, 0.25) is 0 Å². The number of carbonyl (C=O) groups excluding carboxylic acids is 2. The second-order valence-corrected chi connectivity index (χ2v) is 4.90. The molecule has 0 unspecified atom stereocenters. The molecule has 1 N–H and O–H groups in total. The van der Waals surface area contributed by atoms with Crippen LogP contribution in [0.3, 0.4) is 0 Å². The van der Waals surface area contributed by atoms with Crippen LogP contribution >= 0.6 is 11.6 Å². The minimum atomic E-state index is -0.321. The van der Waals surface area contributed by atoms with E-state index in [2.05, 4.69) is 5.32 Å². The van der Waals surface area contributed by atoms with Crippen molar-refractivity contribution in [2.24, 2.45) is 0 Å². The van der Waals surface area contributed by atoms with E-state index in [-0.39, 0.29) is 11.8 Å². The highest BCUT2D eigenvalue weighted by Gasteiger charge is 2.26. The summed E-state index contributed by atoms with van der Waals surface area (Å²) in [6, 6.07) is 12.9. The van der Waals surface area contributed by atoms with E-state index in [1.54, 1.807) is 12.1 Å². The smallest absolute Gasteiger partial charge is 0.258 e. The number of amides is 2. The second-order valence-electron chi connectivity index (χ2n) is 4.47. The van der Waals surface area contributed by atoms with Gasteiger partial charge in [0.25, 0.3) is 11.8 Å². The number of hydrogen-bond acceptors (Lipinski definition) is 2. The lowest BCUT2D eigenvalue weighted by atomic mass is 10.0. The summed E-state index contributed by atoms with van der Waals surface area (Å²) in [4.78, 5) is 23.0. The largest absolute Gasteiger partial charge is 0.288 e. The molecule has 1 heterocycles. The molecule has 4 heteroatoms. The lowest BCUT2D eigenvalue weighted by molar-refractivity contribution is 0.0879. The highest BCUT2D eigenvalue weighted by molar-refractivity contribution is 6.30. The van der Waals surface area contributed by atoms with Crippen molar-refractivity contribution >= 4 is 23.4 Å². The first kappa shape index (κ1) is 11.9. The molecule has 0 aliphatic carbocycles. The number of imide groups is 1. The topological polar surface area (TPSA) is 46.2 Å². The molecule has 0 aromatic heterocycles. The lowest BCUT2D eigenvalue weighted by Gasteiger charge is -2.03. The van der Waals surface area contributed by atoms with Crippen LogP contribution in [0.15, 0.2) is 42.5 Å². The molecule has 0 radical (unpaired) electrons. The van der Waals surface area contributed by atoms with Crippen LogP contribution in [0, 0.1) is 0 Å². The summed E-state index contributed by atoms with van der Waals surface area (Å²) in [7, 11) is 0. The third-order valence-electron chi connectivity index (χ3n) is 3.12. The van der Waals surface area contributed by atoms with Gasteiger partial charge >= 0.3 is 0 Å². The Morgan fingerprint density at radius 3 is 2.21 bits per heavy atom. The Morgan fingerprint density at radius 1 is 0.842 bits per heavy atom. The van der Waals surface area contributed by atoms with Gasteiger partial charge in [0.1, 0.15) is 0 Å². The van der Waals surface area contributed by atoms with Crippen LogP contribution in [0.1, 0.15) is 31.8 Å². The molecule has 3 rings (SSSR count). The number of halogens is 1. The first-order chi connectivity index (χ1) is 9.13. The summed E-state index contributed by atoms with van der Waals surface area (Å²) in [6.45, 7) is 0. The van der Waals surface area contributed by atoms with Crippen LogP contribution in [0.4, 0.5) is 0 Å². The molecule has 0 saturated heterocycles. The van der Waals surface area contributed by atoms with E-state index in [4.69, 9.17) is 11.6 Å². The quantitative estimate of drug-likeness (QED) is 0.854. The fourth-order valence-corrected chi connectivity index (χ4v) is 2.29. The van der Waals surface area contributed by atoms with Gasteiger partial charge in [0.05, 0.1) is 11.1 Å². The maximum atomic E-state index is 11.6. The Labute approximate surface area is 115 Å². The first-order valence-electron chi connectivity index (χ1n) is 5.86. The average molecular weight is 272 g/mol. The van der Waals surface area contributed by atoms with Crippen molar-refractivity contribution in [3.63, 3.8) is 0 Å². The number of rotatable bonds is 2. The Morgan fingerprint density at radius 2 is 1.47 bits per heavy atom. The van der Waals surface area contributed by atoms with Crippen LogP contribution in [-0.4, -0.2) is 11.8 Å². The minimum absolute atomic E-state index is 0.321. The summed E-state index contributed by atoms with van der Waals surface area (Å²) < 4.78 is 0. The molecule has 2 aromatic carbocycles. The summed E-state index contributed by atoms with van der Waals surface area (Å²) in [6.07, 6.45) is 0.700. The van der Waals surface area contributed by atoms with Gasteiger partial charge in [-0.3, -0.25) is 14.9 Å². The maximum Gasteiger partial charge on any atom is 0.258 e. The summed E-state index contributed by atoms with van der Waals surface area (Å²) in [5.74, 6) is -0.643. The van der Waals surface area contributed by atoms with Gasteiger partial charge in [-0.05, 0) is 41.8 Å². The zero-order valence-electron chi connectivity index (χ0n) is 9.94. The molecule has 3 nitrogen and oxygen atoms in total. The number of carbonyl (C=O) groups is 2. The average Bonchev–Trinajstić information content (AvgIpc) is 2.68. The highest BCUT2D eigenvalue weighted by atomic mass is 35.5. The highest BCUT2D eigenvalue weighted by Crippen LogP contribution is 2.20. The van der Waals surface area contributed by atoms with E-state index in [1.807, 2.05) is 30.3 Å². The lowest BCUT2D eigenvalue weighted by Crippen LogP contribution is -2.19. The summed E-state index contributed by atoms with van der Waals surface area (Å²) in [5, 5.41) is 2.98. The fourth-order valence-electron chi connectivity index (χ4n) is 2.16. The summed E-state index contributed by atoms with van der Waals surface area (Å²) >= 11 is 5.84. The molecule has 2 amide bonds. The number of benzene rings is 2. The van der Waals surface area contributed by atoms with Crippen molar-refractivity contribution in [3.05, 3.63) is 69.7 Å². The molecule has 2 aromatic rings. The monoisotopic (exact) mass is 271 g/mol. The summed E-state index contributed by atoms with van der Waals surface area (Å²) in [5.41, 5.74) is 3.00. The van der Waals surface area contributed by atoms with Gasteiger partial charge in [-0.15, -0.1) is 0 Å². The number of fused-ring (bicyclic) bond motifs is 1. The zero-order chi connectivity index (χ0) is 13.4. The zero-order valence-corrected chi connectivity index (χ0v) is 10.7. The van der Waals surface area contributed by atoms with Crippen LogP contribution < -0.4 is 5.32 Å². The molecule has 0 spiro atoms. The second kappa shape index (κ2) is 4.52. The predicted molar refractivity (Wildman–Crippen MR) is 72.5 cm³/mol. The van der Waals surface area contributed by atoms with E-state index in [9.17, 15) is 9.59 Å². The van der Waals surface area contributed by atoms with Gasteiger partial charge in [0.15, 0.2) is 0 Å². The molecule has 0 saturated carbocycles. The van der Waals surface area contributed by atoms with Gasteiger partial charge in [0, 0.05) is 5.02 Å². The number of nitrogens with one attached hydrogen (secondary N) is 1. The van der Waals surface area contributed by atoms with Crippen molar-refractivity contribution < 1.29 is 9.59 Å². The minimum Gasteiger partial charge on any atom is -0.288 e. The third-order valence-corrected chi connectivity index (χ3v) is 3.37. The van der Waals surface area contributed by atoms with E-state index in [1.165, 1.54) is 0 Å². The third kappa shape index (κ3) is 2.25. The van der Waals surface area contributed by atoms with Crippen molar-refractivity contribution in [2.45, 2.75) is 6.42 Å². The molecule has 94 valence electrons. The van der Waals surface area contributed by atoms with Gasteiger partial charge in [-0.2, -0.15) is 0 Å². The maximum absolute atomic E-state index is 11.6. The van der Waals surface area contributed by atoms with E-state index < -0.39 is 0 Å². The van der Waals surface area contributed by atoms with E-state index >= 15 is 0 Å². The Balaban J connectivity index is 1.91. The van der Waals surface area contributed by atoms with Gasteiger partial charge < -0.3 is 0 Å².